The van der Waals surface area contributed by atoms with Crippen LogP contribution < -0.4 is 0 Å². The zero-order chi connectivity index (χ0) is 10.7. The van der Waals surface area contributed by atoms with E-state index in [1.807, 2.05) is 13.0 Å². The van der Waals surface area contributed by atoms with Gasteiger partial charge in [0.25, 0.3) is 0 Å². The minimum absolute atomic E-state index is 0.355. The number of rotatable bonds is 2. The van der Waals surface area contributed by atoms with E-state index in [-0.39, 0.29) is 0 Å². The molecule has 0 N–H and O–H groups in total. The van der Waals surface area contributed by atoms with Gasteiger partial charge in [-0.1, -0.05) is 11.3 Å². The number of nitriles is 1. The van der Waals surface area contributed by atoms with Gasteiger partial charge in [0.05, 0.1) is 0 Å². The molecule has 0 fully saturated rings. The molecule has 0 radical (unpaired) electrons. The van der Waals surface area contributed by atoms with Gasteiger partial charge in [0.15, 0.2) is 9.50 Å². The van der Waals surface area contributed by atoms with Crippen molar-refractivity contribution in [2.24, 2.45) is 0 Å². The molecule has 0 bridgehead atoms. The van der Waals surface area contributed by atoms with Crippen molar-refractivity contribution in [3.63, 3.8) is 0 Å². The Labute approximate surface area is 94.2 Å². The lowest BCUT2D eigenvalue weighted by atomic mass is 10.5. The maximum absolute atomic E-state index is 8.66. The van der Waals surface area contributed by atoms with E-state index in [2.05, 4.69) is 20.2 Å². The van der Waals surface area contributed by atoms with Gasteiger partial charge < -0.3 is 0 Å². The Morgan fingerprint density at radius 1 is 1.47 bits per heavy atom. The van der Waals surface area contributed by atoms with Crippen molar-refractivity contribution in [2.75, 3.05) is 0 Å². The molecule has 7 heteroatoms. The van der Waals surface area contributed by atoms with E-state index < -0.39 is 0 Å². The summed E-state index contributed by atoms with van der Waals surface area (Å²) in [4.78, 5) is 8.06. The average Bonchev–Trinajstić information content (AvgIpc) is 2.64. The minimum Gasteiger partial charge on any atom is -0.231 e. The lowest BCUT2D eigenvalue weighted by Gasteiger charge is -1.94. The second-order valence-corrected chi connectivity index (χ2v) is 4.92. The molecule has 0 saturated heterocycles. The molecule has 0 aliphatic carbocycles. The molecule has 2 rings (SSSR count). The summed E-state index contributed by atoms with van der Waals surface area (Å²) >= 11 is 2.78. The minimum atomic E-state index is 0.355. The van der Waals surface area contributed by atoms with Crippen LogP contribution in [0, 0.1) is 18.3 Å². The second-order valence-electron chi connectivity index (χ2n) is 2.53. The Balaban J connectivity index is 2.21. The maximum atomic E-state index is 8.66. The van der Waals surface area contributed by atoms with Crippen LogP contribution in [0.4, 0.5) is 0 Å². The predicted molar refractivity (Wildman–Crippen MR) is 55.5 cm³/mol. The van der Waals surface area contributed by atoms with E-state index in [0.717, 1.165) is 9.35 Å². The van der Waals surface area contributed by atoms with E-state index >= 15 is 0 Å². The molecule has 2 heterocycles. The first-order valence-electron chi connectivity index (χ1n) is 3.99. The highest BCUT2D eigenvalue weighted by Crippen LogP contribution is 2.26. The van der Waals surface area contributed by atoms with Crippen molar-refractivity contribution in [2.45, 2.75) is 16.4 Å². The fourth-order valence-corrected chi connectivity index (χ4v) is 2.51. The normalized spacial score (nSPS) is 9.87. The van der Waals surface area contributed by atoms with Crippen LogP contribution in [-0.2, 0) is 0 Å². The van der Waals surface area contributed by atoms with Gasteiger partial charge in [-0.3, -0.25) is 0 Å². The summed E-state index contributed by atoms with van der Waals surface area (Å²) < 4.78 is 0.780. The summed E-state index contributed by atoms with van der Waals surface area (Å²) in [7, 11) is 0. The maximum Gasteiger partial charge on any atom is 0.196 e. The Hall–Kier alpha value is -1.52. The fourth-order valence-electron chi connectivity index (χ4n) is 0.850. The molecule has 0 spiro atoms. The van der Waals surface area contributed by atoms with Crippen molar-refractivity contribution in [1.29, 1.82) is 5.26 Å². The van der Waals surface area contributed by atoms with Crippen LogP contribution >= 0.6 is 23.1 Å². The largest absolute Gasteiger partial charge is 0.231 e. The number of hydrogen-bond donors (Lipinski definition) is 0. The molecule has 15 heavy (non-hydrogen) atoms. The van der Waals surface area contributed by atoms with Crippen molar-refractivity contribution >= 4 is 23.1 Å². The zero-order valence-corrected chi connectivity index (χ0v) is 9.34. The first-order chi connectivity index (χ1) is 7.28. The highest BCUT2D eigenvalue weighted by molar-refractivity contribution is 8.00. The number of aromatic nitrogens is 4. The van der Waals surface area contributed by atoms with E-state index in [4.69, 9.17) is 5.26 Å². The van der Waals surface area contributed by atoms with Gasteiger partial charge in [0.1, 0.15) is 16.8 Å². The third-order valence-electron chi connectivity index (χ3n) is 1.43. The molecule has 2 aromatic rings. The van der Waals surface area contributed by atoms with Gasteiger partial charge in [-0.15, -0.1) is 10.2 Å². The van der Waals surface area contributed by atoms with Crippen molar-refractivity contribution in [3.05, 3.63) is 23.0 Å². The molecule has 0 aromatic carbocycles. The molecule has 5 nitrogen and oxygen atoms in total. The molecule has 0 aliphatic rings. The lowest BCUT2D eigenvalue weighted by Crippen LogP contribution is -1.88. The molecular weight excluding hydrogens is 230 g/mol. The molecule has 0 saturated carbocycles. The Bertz CT molecular complexity index is 516. The van der Waals surface area contributed by atoms with Crippen LogP contribution in [0.5, 0.6) is 0 Å². The van der Waals surface area contributed by atoms with E-state index in [9.17, 15) is 0 Å². The van der Waals surface area contributed by atoms with Crippen LogP contribution in [0.1, 0.15) is 10.7 Å². The summed E-state index contributed by atoms with van der Waals surface area (Å²) in [6.45, 7) is 1.88. The van der Waals surface area contributed by atoms with Gasteiger partial charge >= 0.3 is 0 Å². The Morgan fingerprint density at radius 3 is 3.00 bits per heavy atom. The molecule has 2 aromatic heterocycles. The molecule has 74 valence electrons. The van der Waals surface area contributed by atoms with Crippen LogP contribution in [0.3, 0.4) is 0 Å². The smallest absolute Gasteiger partial charge is 0.196 e. The average molecular weight is 235 g/mol. The van der Waals surface area contributed by atoms with E-state index in [0.29, 0.717) is 10.9 Å². The zero-order valence-electron chi connectivity index (χ0n) is 7.71. The topological polar surface area (TPSA) is 75.3 Å². The summed E-state index contributed by atoms with van der Waals surface area (Å²) in [5.74, 6) is 0. The van der Waals surface area contributed by atoms with Gasteiger partial charge in [0, 0.05) is 6.20 Å². The molecule has 0 atom stereocenters. The summed E-state index contributed by atoms with van der Waals surface area (Å²) in [6, 6.07) is 3.53. The lowest BCUT2D eigenvalue weighted by molar-refractivity contribution is 0.938. The van der Waals surface area contributed by atoms with Crippen molar-refractivity contribution in [3.8, 4) is 6.07 Å². The third-order valence-corrected chi connectivity index (χ3v) is 3.20. The second kappa shape index (κ2) is 4.33. The Morgan fingerprint density at radius 2 is 2.33 bits per heavy atom. The SMILES string of the molecule is Cc1nnc(Sc2nccc(C#N)n2)s1. The Kier molecular flexibility index (Phi) is 2.89. The first kappa shape index (κ1) is 10.0. The molecule has 0 unspecified atom stereocenters. The fraction of sp³-hybridized carbons (Fsp3) is 0.125. The predicted octanol–water partition coefficient (Wildman–Crippen LogP) is 1.66. The molecular formula is C8H5N5S2. The summed E-state index contributed by atoms with van der Waals surface area (Å²) in [6.07, 6.45) is 1.56. The third kappa shape index (κ3) is 2.49. The van der Waals surface area contributed by atoms with E-state index in [1.165, 1.54) is 23.1 Å². The van der Waals surface area contributed by atoms with Gasteiger partial charge in [-0.05, 0) is 24.8 Å². The highest BCUT2D eigenvalue weighted by Gasteiger charge is 2.06. The standard InChI is InChI=1S/C8H5N5S2/c1-5-12-13-8(14-5)15-7-10-3-2-6(4-9)11-7/h2-3H,1H3. The first-order valence-corrected chi connectivity index (χ1v) is 5.62. The van der Waals surface area contributed by atoms with Crippen LogP contribution in [-0.4, -0.2) is 20.2 Å². The molecule has 0 amide bonds. The quantitative estimate of drug-likeness (QED) is 0.737. The van der Waals surface area contributed by atoms with Crippen LogP contribution in [0.25, 0.3) is 0 Å². The molecule has 0 aliphatic heterocycles. The summed E-state index contributed by atoms with van der Waals surface area (Å²) in [5, 5.41) is 17.9. The van der Waals surface area contributed by atoms with Gasteiger partial charge in [0.2, 0.25) is 0 Å². The van der Waals surface area contributed by atoms with Gasteiger partial charge in [-0.2, -0.15) is 5.26 Å². The van der Waals surface area contributed by atoms with Crippen molar-refractivity contribution in [1.82, 2.24) is 20.2 Å². The number of nitrogens with zero attached hydrogens (tertiary/aromatic N) is 5. The van der Waals surface area contributed by atoms with Gasteiger partial charge in [-0.25, -0.2) is 9.97 Å². The highest BCUT2D eigenvalue weighted by atomic mass is 32.2. The summed E-state index contributed by atoms with van der Waals surface area (Å²) in [5.41, 5.74) is 0.355. The van der Waals surface area contributed by atoms with Crippen LogP contribution in [0.2, 0.25) is 0 Å². The monoisotopic (exact) mass is 235 g/mol. The number of hydrogen-bond acceptors (Lipinski definition) is 7. The van der Waals surface area contributed by atoms with Crippen LogP contribution in [0.15, 0.2) is 21.8 Å². The van der Waals surface area contributed by atoms with Crippen molar-refractivity contribution < 1.29 is 0 Å². The number of aryl methyl sites for hydroxylation is 1. The van der Waals surface area contributed by atoms with E-state index in [1.54, 1.807) is 12.3 Å².